The van der Waals surface area contributed by atoms with E-state index in [-0.39, 0.29) is 0 Å². The van der Waals surface area contributed by atoms with E-state index in [0.717, 1.165) is 73.2 Å². The zero-order chi connectivity index (χ0) is 44.6. The summed E-state index contributed by atoms with van der Waals surface area (Å²) in [5, 5.41) is 2.42. The molecular weight excluding hydrogens is 811 g/mol. The SMILES string of the molecule is C=C1c2ccccc2-c2ccc(N(c3ccccc3)c3cc(-c4ccc5c(c4)c4ccccc4n5-c4ccccc4)cc(N(c4ccccc4)c4ccc5c(c4)C(=C)c4ccccc4-5)c3)cc21. The smallest absolute Gasteiger partial charge is 0.0541 e. The molecule has 0 saturated carbocycles. The number of anilines is 6. The van der Waals surface area contributed by atoms with E-state index in [4.69, 9.17) is 0 Å². The Labute approximate surface area is 390 Å². The molecular formula is C64H43N3. The van der Waals surface area contributed by atoms with Crippen LogP contribution in [0.4, 0.5) is 34.1 Å². The van der Waals surface area contributed by atoms with Crippen LogP contribution in [0.25, 0.3) is 72.0 Å². The van der Waals surface area contributed by atoms with Crippen LogP contribution in [0.5, 0.6) is 0 Å². The Morgan fingerprint density at radius 2 is 0.716 bits per heavy atom. The summed E-state index contributed by atoms with van der Waals surface area (Å²) >= 11 is 0. The molecule has 314 valence electrons. The van der Waals surface area contributed by atoms with Crippen LogP contribution < -0.4 is 9.80 Å². The number of fused-ring (bicyclic) bond motifs is 9. The van der Waals surface area contributed by atoms with Gasteiger partial charge in [-0.05, 0) is 164 Å². The second-order valence-electron chi connectivity index (χ2n) is 17.5. The van der Waals surface area contributed by atoms with E-state index in [0.29, 0.717) is 0 Å². The van der Waals surface area contributed by atoms with Crippen LogP contribution in [0.2, 0.25) is 0 Å². The summed E-state index contributed by atoms with van der Waals surface area (Å²) in [6.45, 7) is 9.24. The fourth-order valence-corrected chi connectivity index (χ4v) is 10.6. The van der Waals surface area contributed by atoms with Gasteiger partial charge in [0, 0.05) is 50.6 Å². The van der Waals surface area contributed by atoms with Gasteiger partial charge in [-0.1, -0.05) is 153 Å². The molecule has 0 radical (unpaired) electrons. The summed E-state index contributed by atoms with van der Waals surface area (Å²) in [6, 6.07) is 85.8. The van der Waals surface area contributed by atoms with Gasteiger partial charge in [-0.15, -0.1) is 0 Å². The Morgan fingerprint density at radius 3 is 1.27 bits per heavy atom. The first kappa shape index (κ1) is 38.5. The predicted molar refractivity (Wildman–Crippen MR) is 283 cm³/mol. The van der Waals surface area contributed by atoms with E-state index in [1.165, 1.54) is 55.2 Å². The van der Waals surface area contributed by atoms with Crippen molar-refractivity contribution in [1.82, 2.24) is 4.57 Å². The molecule has 2 aliphatic rings. The second kappa shape index (κ2) is 15.4. The molecule has 0 aliphatic heterocycles. The van der Waals surface area contributed by atoms with E-state index < -0.39 is 0 Å². The first-order valence-electron chi connectivity index (χ1n) is 22.9. The number of para-hydroxylation sites is 4. The molecule has 0 saturated heterocycles. The van der Waals surface area contributed by atoms with E-state index in [1.54, 1.807) is 0 Å². The first-order chi connectivity index (χ1) is 33.1. The van der Waals surface area contributed by atoms with Crippen molar-refractivity contribution in [3.05, 3.63) is 272 Å². The zero-order valence-corrected chi connectivity index (χ0v) is 36.8. The van der Waals surface area contributed by atoms with Gasteiger partial charge in [0.15, 0.2) is 0 Å². The number of rotatable bonds is 8. The lowest BCUT2D eigenvalue weighted by Gasteiger charge is -2.31. The monoisotopic (exact) mass is 853 g/mol. The highest BCUT2D eigenvalue weighted by molar-refractivity contribution is 6.11. The fraction of sp³-hybridized carbons (Fsp3) is 0. The maximum absolute atomic E-state index is 4.62. The third-order valence-corrected chi connectivity index (χ3v) is 13.7. The third kappa shape index (κ3) is 6.20. The normalized spacial score (nSPS) is 12.2. The van der Waals surface area contributed by atoms with Crippen LogP contribution in [0.3, 0.4) is 0 Å². The van der Waals surface area contributed by atoms with Crippen LogP contribution in [-0.2, 0) is 0 Å². The molecule has 13 rings (SSSR count). The maximum atomic E-state index is 4.62. The lowest BCUT2D eigenvalue weighted by atomic mass is 9.99. The molecule has 0 N–H and O–H groups in total. The highest BCUT2D eigenvalue weighted by Gasteiger charge is 2.27. The van der Waals surface area contributed by atoms with Crippen molar-refractivity contribution >= 4 is 67.1 Å². The van der Waals surface area contributed by atoms with Gasteiger partial charge in [0.05, 0.1) is 11.0 Å². The molecule has 10 aromatic carbocycles. The molecule has 3 nitrogen and oxygen atoms in total. The average molecular weight is 854 g/mol. The Balaban J connectivity index is 1.06. The predicted octanol–water partition coefficient (Wildman–Crippen LogP) is 17.5. The van der Waals surface area contributed by atoms with E-state index in [9.17, 15) is 0 Å². The molecule has 0 spiro atoms. The van der Waals surface area contributed by atoms with E-state index >= 15 is 0 Å². The average Bonchev–Trinajstić information content (AvgIpc) is 3.98. The van der Waals surface area contributed by atoms with Crippen molar-refractivity contribution in [2.45, 2.75) is 0 Å². The molecule has 2 aliphatic carbocycles. The quantitative estimate of drug-likeness (QED) is 0.151. The molecule has 3 heteroatoms. The summed E-state index contributed by atoms with van der Waals surface area (Å²) < 4.78 is 2.38. The van der Waals surface area contributed by atoms with Crippen molar-refractivity contribution < 1.29 is 0 Å². The van der Waals surface area contributed by atoms with Gasteiger partial charge in [0.2, 0.25) is 0 Å². The summed E-state index contributed by atoms with van der Waals surface area (Å²) in [5.74, 6) is 0. The minimum Gasteiger partial charge on any atom is -0.310 e. The van der Waals surface area contributed by atoms with Gasteiger partial charge in [-0.3, -0.25) is 0 Å². The van der Waals surface area contributed by atoms with Crippen molar-refractivity contribution in [2.75, 3.05) is 9.80 Å². The molecule has 67 heavy (non-hydrogen) atoms. The lowest BCUT2D eigenvalue weighted by Crippen LogP contribution is -2.14. The van der Waals surface area contributed by atoms with Gasteiger partial charge in [-0.2, -0.15) is 0 Å². The molecule has 1 heterocycles. The molecule has 0 bridgehead atoms. The number of hydrogen-bond acceptors (Lipinski definition) is 2. The van der Waals surface area contributed by atoms with Crippen LogP contribution >= 0.6 is 0 Å². The number of benzene rings is 10. The molecule has 0 unspecified atom stereocenters. The Bertz CT molecular complexity index is 3620. The van der Waals surface area contributed by atoms with Crippen LogP contribution in [0, 0.1) is 0 Å². The highest BCUT2D eigenvalue weighted by atomic mass is 15.2. The summed E-state index contributed by atoms with van der Waals surface area (Å²) in [4.78, 5) is 4.79. The van der Waals surface area contributed by atoms with Gasteiger partial charge < -0.3 is 14.4 Å². The molecule has 0 amide bonds. The minimum atomic E-state index is 1.03. The Hall–Kier alpha value is -8.92. The largest absolute Gasteiger partial charge is 0.310 e. The Kier molecular flexibility index (Phi) is 8.84. The second-order valence-corrected chi connectivity index (χ2v) is 17.5. The van der Waals surface area contributed by atoms with Crippen LogP contribution in [0.15, 0.2) is 250 Å². The topological polar surface area (TPSA) is 11.4 Å². The fourth-order valence-electron chi connectivity index (χ4n) is 10.6. The van der Waals surface area contributed by atoms with Crippen molar-refractivity contribution in [1.29, 1.82) is 0 Å². The standard InChI is InChI=1S/C64H43N3/c1-42-53-24-12-14-26-55(53)57-33-31-49(40-60(42)57)65(46-18-6-3-7-19-46)51-36-45(44-30-35-64-62(38-44)59-28-16-17-29-63(59)67(64)48-22-10-5-11-23-48)37-52(39-51)66(47-20-8-4-9-21-47)50-32-34-58-56-27-15-13-25-54(56)43(2)61(58)41-50/h3-41H,1-2H2. The van der Waals surface area contributed by atoms with Crippen molar-refractivity contribution in [2.24, 2.45) is 0 Å². The molecule has 0 atom stereocenters. The first-order valence-corrected chi connectivity index (χ1v) is 22.9. The number of hydrogen-bond donors (Lipinski definition) is 0. The van der Waals surface area contributed by atoms with Crippen LogP contribution in [0.1, 0.15) is 22.3 Å². The summed E-state index contributed by atoms with van der Waals surface area (Å²) in [6.07, 6.45) is 0. The zero-order valence-electron chi connectivity index (χ0n) is 36.8. The van der Waals surface area contributed by atoms with Gasteiger partial charge >= 0.3 is 0 Å². The van der Waals surface area contributed by atoms with Crippen LogP contribution in [-0.4, -0.2) is 4.57 Å². The summed E-state index contributed by atoms with van der Waals surface area (Å²) in [7, 11) is 0. The summed E-state index contributed by atoms with van der Waals surface area (Å²) in [5.41, 5.74) is 23.7. The van der Waals surface area contributed by atoms with E-state index in [1.807, 2.05) is 0 Å². The molecule has 11 aromatic rings. The molecule has 1 aromatic heterocycles. The van der Waals surface area contributed by atoms with Gasteiger partial charge in [0.1, 0.15) is 0 Å². The maximum Gasteiger partial charge on any atom is 0.0541 e. The highest BCUT2D eigenvalue weighted by Crippen LogP contribution is 2.50. The van der Waals surface area contributed by atoms with Crippen molar-refractivity contribution in [3.8, 4) is 39.1 Å². The number of aromatic nitrogens is 1. The van der Waals surface area contributed by atoms with Gasteiger partial charge in [-0.25, -0.2) is 0 Å². The lowest BCUT2D eigenvalue weighted by molar-refractivity contribution is 1.18. The minimum absolute atomic E-state index is 1.03. The Morgan fingerprint density at radius 1 is 0.269 bits per heavy atom. The van der Waals surface area contributed by atoms with Crippen molar-refractivity contribution in [3.63, 3.8) is 0 Å². The third-order valence-electron chi connectivity index (χ3n) is 13.7. The van der Waals surface area contributed by atoms with E-state index in [2.05, 4.69) is 264 Å². The number of nitrogens with zero attached hydrogens (tertiary/aromatic N) is 3. The van der Waals surface area contributed by atoms with Gasteiger partial charge in [0.25, 0.3) is 0 Å². The molecule has 0 fully saturated rings.